The van der Waals surface area contributed by atoms with Gasteiger partial charge in [-0.3, -0.25) is 9.79 Å². The second-order valence-electron chi connectivity index (χ2n) is 7.36. The van der Waals surface area contributed by atoms with E-state index < -0.39 is 0 Å². The summed E-state index contributed by atoms with van der Waals surface area (Å²) in [4.78, 5) is 16.2. The van der Waals surface area contributed by atoms with E-state index in [4.69, 9.17) is 9.47 Å². The van der Waals surface area contributed by atoms with Crippen LogP contribution in [-0.2, 0) is 11.3 Å². The molecule has 1 atom stereocenters. The summed E-state index contributed by atoms with van der Waals surface area (Å²) in [6.45, 7) is 9.72. The van der Waals surface area contributed by atoms with Crippen LogP contribution < -0.4 is 25.4 Å². The molecule has 3 N–H and O–H groups in total. The molecule has 7 nitrogen and oxygen atoms in total. The van der Waals surface area contributed by atoms with E-state index in [2.05, 4.69) is 27.9 Å². The van der Waals surface area contributed by atoms with Crippen molar-refractivity contribution in [2.45, 2.75) is 53.1 Å². The molecule has 32 heavy (non-hydrogen) atoms. The van der Waals surface area contributed by atoms with Crippen LogP contribution in [0.15, 0.2) is 47.5 Å². The van der Waals surface area contributed by atoms with E-state index in [0.717, 1.165) is 34.7 Å². The first-order valence-electron chi connectivity index (χ1n) is 11.3. The van der Waals surface area contributed by atoms with Gasteiger partial charge < -0.3 is 25.4 Å². The highest BCUT2D eigenvalue weighted by molar-refractivity contribution is 5.90. The van der Waals surface area contributed by atoms with E-state index in [1.54, 1.807) is 7.05 Å². The van der Waals surface area contributed by atoms with E-state index >= 15 is 0 Å². The number of aliphatic imine (C=N–C) groups is 1. The van der Waals surface area contributed by atoms with Crippen molar-refractivity contribution in [3.63, 3.8) is 0 Å². The Kier molecular flexibility index (Phi) is 10.4. The molecule has 1 unspecified atom stereocenters. The fourth-order valence-electron chi connectivity index (χ4n) is 3.22. The monoisotopic (exact) mass is 440 g/mol. The summed E-state index contributed by atoms with van der Waals surface area (Å²) in [5.74, 6) is 2.21. The number of ether oxygens (including phenoxy) is 2. The minimum absolute atomic E-state index is 0.00995. The molecular weight excluding hydrogens is 404 g/mol. The summed E-state index contributed by atoms with van der Waals surface area (Å²) in [6, 6.07) is 13.8. The van der Waals surface area contributed by atoms with Gasteiger partial charge in [0.2, 0.25) is 5.91 Å². The van der Waals surface area contributed by atoms with Gasteiger partial charge in [0, 0.05) is 25.7 Å². The Morgan fingerprint density at radius 3 is 2.47 bits per heavy atom. The number of nitrogens with one attached hydrogen (secondary N) is 3. The van der Waals surface area contributed by atoms with Crippen molar-refractivity contribution in [3.8, 4) is 11.5 Å². The molecule has 1 amide bonds. The molecule has 7 heteroatoms. The highest BCUT2D eigenvalue weighted by atomic mass is 16.5. The first kappa shape index (κ1) is 25.0. The molecule has 0 saturated heterocycles. The maximum Gasteiger partial charge on any atom is 0.224 e. The van der Waals surface area contributed by atoms with Gasteiger partial charge in [-0.1, -0.05) is 25.1 Å². The number of amides is 1. The van der Waals surface area contributed by atoms with E-state index in [1.807, 2.05) is 63.2 Å². The van der Waals surface area contributed by atoms with Gasteiger partial charge in [0.1, 0.15) is 0 Å². The highest BCUT2D eigenvalue weighted by Gasteiger charge is 2.12. The Labute approximate surface area is 191 Å². The average molecular weight is 441 g/mol. The quantitative estimate of drug-likeness (QED) is 0.350. The van der Waals surface area contributed by atoms with E-state index in [9.17, 15) is 4.79 Å². The van der Waals surface area contributed by atoms with Crippen LogP contribution in [0.3, 0.4) is 0 Å². The van der Waals surface area contributed by atoms with Crippen LogP contribution in [-0.4, -0.2) is 32.1 Å². The predicted molar refractivity (Wildman–Crippen MR) is 131 cm³/mol. The molecule has 0 bridgehead atoms. The van der Waals surface area contributed by atoms with E-state index in [-0.39, 0.29) is 11.9 Å². The molecule has 0 fully saturated rings. The highest BCUT2D eigenvalue weighted by Crippen LogP contribution is 2.30. The zero-order valence-electron chi connectivity index (χ0n) is 19.8. The number of hydrogen-bond donors (Lipinski definition) is 3. The first-order valence-corrected chi connectivity index (χ1v) is 11.3. The third kappa shape index (κ3) is 7.80. The smallest absolute Gasteiger partial charge is 0.224 e. The Hall–Kier alpha value is -3.22. The number of guanidine groups is 1. The number of nitrogens with zero attached hydrogens (tertiary/aromatic N) is 1. The third-order valence-corrected chi connectivity index (χ3v) is 4.79. The maximum atomic E-state index is 11.8. The van der Waals surface area contributed by atoms with Gasteiger partial charge in [-0.15, -0.1) is 0 Å². The molecule has 2 aromatic rings. The second kappa shape index (κ2) is 13.2. The van der Waals surface area contributed by atoms with Crippen molar-refractivity contribution in [2.24, 2.45) is 4.99 Å². The standard InChI is InChI=1S/C25H36N4O3/c1-6-10-24(30)29-21-12-9-11-19(15-21)17-27-25(26-5)28-18(4)20-13-14-22(31-7-2)23(16-20)32-8-3/h9,11-16,18H,6-8,10,17H2,1-5H3,(H,29,30)(H2,26,27,28). The Bertz CT molecular complexity index is 899. The minimum Gasteiger partial charge on any atom is -0.490 e. The van der Waals surface area contributed by atoms with E-state index in [1.165, 1.54) is 0 Å². The second-order valence-corrected chi connectivity index (χ2v) is 7.36. The van der Waals surface area contributed by atoms with Gasteiger partial charge in [0.25, 0.3) is 0 Å². The van der Waals surface area contributed by atoms with Gasteiger partial charge in [-0.05, 0) is 62.6 Å². The Morgan fingerprint density at radius 2 is 1.78 bits per heavy atom. The molecule has 0 aromatic heterocycles. The van der Waals surface area contributed by atoms with Crippen molar-refractivity contribution >= 4 is 17.6 Å². The predicted octanol–water partition coefficient (Wildman–Crippen LogP) is 4.65. The van der Waals surface area contributed by atoms with Crippen molar-refractivity contribution in [1.29, 1.82) is 0 Å². The van der Waals surface area contributed by atoms with Crippen molar-refractivity contribution in [2.75, 3.05) is 25.6 Å². The number of anilines is 1. The molecule has 0 spiro atoms. The molecule has 0 aliphatic rings. The molecule has 0 aliphatic carbocycles. The maximum absolute atomic E-state index is 11.8. The molecule has 0 heterocycles. The lowest BCUT2D eigenvalue weighted by atomic mass is 10.1. The van der Waals surface area contributed by atoms with Gasteiger partial charge in [0.15, 0.2) is 17.5 Å². The normalized spacial score (nSPS) is 12.1. The number of hydrogen-bond acceptors (Lipinski definition) is 4. The van der Waals surface area contributed by atoms with Crippen LogP contribution in [0.5, 0.6) is 11.5 Å². The fourth-order valence-corrected chi connectivity index (χ4v) is 3.22. The number of benzene rings is 2. The van der Waals surface area contributed by atoms with Gasteiger partial charge in [-0.25, -0.2) is 0 Å². The molecule has 2 aromatic carbocycles. The zero-order chi connectivity index (χ0) is 23.3. The first-order chi connectivity index (χ1) is 15.5. The number of rotatable bonds is 11. The summed E-state index contributed by atoms with van der Waals surface area (Å²) >= 11 is 0. The van der Waals surface area contributed by atoms with Crippen LogP contribution in [0.4, 0.5) is 5.69 Å². The molecular formula is C25H36N4O3. The number of carbonyl (C=O) groups is 1. The van der Waals surface area contributed by atoms with Crippen LogP contribution in [0.1, 0.15) is 57.7 Å². The fraction of sp³-hybridized carbons (Fsp3) is 0.440. The topological polar surface area (TPSA) is 84.0 Å². The Morgan fingerprint density at radius 1 is 1.03 bits per heavy atom. The van der Waals surface area contributed by atoms with Crippen LogP contribution >= 0.6 is 0 Å². The minimum atomic E-state index is 0.00995. The zero-order valence-corrected chi connectivity index (χ0v) is 19.8. The molecule has 0 radical (unpaired) electrons. The van der Waals surface area contributed by atoms with E-state index in [0.29, 0.717) is 32.1 Å². The molecule has 174 valence electrons. The summed E-state index contributed by atoms with van der Waals surface area (Å²) in [5, 5.41) is 9.68. The Balaban J connectivity index is 1.99. The summed E-state index contributed by atoms with van der Waals surface area (Å²) in [5.41, 5.74) is 2.92. The van der Waals surface area contributed by atoms with Gasteiger partial charge in [0.05, 0.1) is 19.3 Å². The summed E-state index contributed by atoms with van der Waals surface area (Å²) < 4.78 is 11.4. The van der Waals surface area contributed by atoms with Crippen LogP contribution in [0.25, 0.3) is 0 Å². The lowest BCUT2D eigenvalue weighted by Crippen LogP contribution is -2.38. The van der Waals surface area contributed by atoms with Crippen LogP contribution in [0.2, 0.25) is 0 Å². The number of carbonyl (C=O) groups excluding carboxylic acids is 1. The third-order valence-electron chi connectivity index (χ3n) is 4.79. The van der Waals surface area contributed by atoms with Gasteiger partial charge >= 0.3 is 0 Å². The van der Waals surface area contributed by atoms with Crippen LogP contribution in [0, 0.1) is 0 Å². The molecule has 0 saturated carbocycles. The average Bonchev–Trinajstić information content (AvgIpc) is 2.78. The lowest BCUT2D eigenvalue weighted by Gasteiger charge is -2.20. The largest absolute Gasteiger partial charge is 0.490 e. The van der Waals surface area contributed by atoms with Crippen molar-refractivity contribution in [1.82, 2.24) is 10.6 Å². The lowest BCUT2D eigenvalue weighted by molar-refractivity contribution is -0.116. The van der Waals surface area contributed by atoms with Gasteiger partial charge in [-0.2, -0.15) is 0 Å². The SMILES string of the molecule is CCCC(=O)Nc1cccc(CNC(=NC)NC(C)c2ccc(OCC)c(OCC)c2)c1. The van der Waals surface area contributed by atoms with Crippen molar-refractivity contribution in [3.05, 3.63) is 53.6 Å². The molecule has 0 aliphatic heterocycles. The summed E-state index contributed by atoms with van der Waals surface area (Å²) in [6.07, 6.45) is 1.35. The van der Waals surface area contributed by atoms with Crippen molar-refractivity contribution < 1.29 is 14.3 Å². The molecule has 2 rings (SSSR count). The summed E-state index contributed by atoms with van der Waals surface area (Å²) in [7, 11) is 1.74.